The molecule has 1 heterocycles. The summed E-state index contributed by atoms with van der Waals surface area (Å²) in [4.78, 5) is 11.2. The summed E-state index contributed by atoms with van der Waals surface area (Å²) in [5, 5.41) is 23.7. The molecule has 0 fully saturated rings. The van der Waals surface area contributed by atoms with Crippen LogP contribution in [0.2, 0.25) is 0 Å². The lowest BCUT2D eigenvalue weighted by atomic mass is 9.96. The average Bonchev–Trinajstić information content (AvgIpc) is 2.95. The van der Waals surface area contributed by atoms with Gasteiger partial charge in [0.25, 0.3) is 0 Å². The molecule has 1 aromatic heterocycles. The van der Waals surface area contributed by atoms with Gasteiger partial charge in [0.15, 0.2) is 5.00 Å². The Kier molecular flexibility index (Phi) is 4.47. The molecule has 0 saturated carbocycles. The second kappa shape index (κ2) is 6.44. The minimum atomic E-state index is -3.84. The lowest BCUT2D eigenvalue weighted by molar-refractivity contribution is -0.122. The molecule has 130 valence electrons. The van der Waals surface area contributed by atoms with Crippen molar-refractivity contribution >= 4 is 43.4 Å². The molecule has 2 atom stereocenters. The quantitative estimate of drug-likeness (QED) is 0.673. The van der Waals surface area contributed by atoms with Gasteiger partial charge in [0.05, 0.1) is 28.1 Å². The highest BCUT2D eigenvalue weighted by Crippen LogP contribution is 2.33. The predicted octanol–water partition coefficient (Wildman–Crippen LogP) is 0.944. The SMILES string of the molecule is NC(=O)C1C=C(N=Nc2snc3ccc(S(N)(=O)=O)cc23)C=CC1O. The van der Waals surface area contributed by atoms with Crippen molar-refractivity contribution in [2.75, 3.05) is 0 Å². The number of rotatable bonds is 4. The first-order valence-electron chi connectivity index (χ1n) is 6.97. The van der Waals surface area contributed by atoms with Gasteiger partial charge in [-0.2, -0.15) is 4.37 Å². The molecule has 2 aromatic rings. The van der Waals surface area contributed by atoms with Crippen molar-refractivity contribution in [3.63, 3.8) is 0 Å². The summed E-state index contributed by atoms with van der Waals surface area (Å²) >= 11 is 1.04. The van der Waals surface area contributed by atoms with E-state index in [0.29, 0.717) is 21.6 Å². The van der Waals surface area contributed by atoms with Crippen molar-refractivity contribution in [2.45, 2.75) is 11.0 Å². The molecule has 9 nitrogen and oxygen atoms in total. The zero-order valence-corrected chi connectivity index (χ0v) is 14.2. The van der Waals surface area contributed by atoms with Crippen LogP contribution >= 0.6 is 11.5 Å². The van der Waals surface area contributed by atoms with Gasteiger partial charge < -0.3 is 10.8 Å². The third kappa shape index (κ3) is 3.64. The van der Waals surface area contributed by atoms with Crippen LogP contribution in [0.5, 0.6) is 0 Å². The van der Waals surface area contributed by atoms with E-state index >= 15 is 0 Å². The van der Waals surface area contributed by atoms with Crippen LogP contribution in [0.15, 0.2) is 57.2 Å². The highest BCUT2D eigenvalue weighted by atomic mass is 32.2. The van der Waals surface area contributed by atoms with Crippen molar-refractivity contribution in [3.05, 3.63) is 42.1 Å². The normalized spacial score (nSPS) is 21.0. The minimum absolute atomic E-state index is 0.0506. The molecule has 1 aliphatic carbocycles. The summed E-state index contributed by atoms with van der Waals surface area (Å²) in [6, 6.07) is 4.27. The van der Waals surface area contributed by atoms with Gasteiger partial charge in [-0.05, 0) is 41.9 Å². The molecule has 1 amide bonds. The molecule has 3 rings (SSSR count). The second-order valence-electron chi connectivity index (χ2n) is 5.28. The summed E-state index contributed by atoms with van der Waals surface area (Å²) in [5.74, 6) is -1.56. The number of sulfonamides is 1. The van der Waals surface area contributed by atoms with Crippen molar-refractivity contribution in [3.8, 4) is 0 Å². The zero-order valence-electron chi connectivity index (χ0n) is 12.6. The fraction of sp³-hybridized carbons (Fsp3) is 0.143. The fourth-order valence-corrected chi connectivity index (χ4v) is 3.46. The van der Waals surface area contributed by atoms with E-state index in [-0.39, 0.29) is 4.90 Å². The highest BCUT2D eigenvalue weighted by Gasteiger charge is 2.23. The summed E-state index contributed by atoms with van der Waals surface area (Å²) < 4.78 is 27.1. The first-order valence-corrected chi connectivity index (χ1v) is 9.29. The molecule has 25 heavy (non-hydrogen) atoms. The molecular weight excluding hydrogens is 366 g/mol. The Morgan fingerprint density at radius 1 is 1.32 bits per heavy atom. The van der Waals surface area contributed by atoms with E-state index in [1.165, 1.54) is 36.4 Å². The fourth-order valence-electron chi connectivity index (χ4n) is 2.23. The number of aliphatic hydroxyl groups is 1. The number of carbonyl (C=O) groups excluding carboxylic acids is 1. The Morgan fingerprint density at radius 3 is 2.76 bits per heavy atom. The van der Waals surface area contributed by atoms with Gasteiger partial charge in [-0.3, -0.25) is 4.79 Å². The van der Waals surface area contributed by atoms with Gasteiger partial charge in [-0.1, -0.05) is 6.08 Å². The summed E-state index contributed by atoms with van der Waals surface area (Å²) in [5.41, 5.74) is 6.12. The Morgan fingerprint density at radius 2 is 2.08 bits per heavy atom. The molecule has 1 aromatic carbocycles. The molecular formula is C14H13N5O4S2. The van der Waals surface area contributed by atoms with E-state index in [9.17, 15) is 18.3 Å². The third-order valence-electron chi connectivity index (χ3n) is 3.52. The van der Waals surface area contributed by atoms with Gasteiger partial charge in [0, 0.05) is 5.39 Å². The number of nitrogens with two attached hydrogens (primary N) is 2. The molecule has 2 unspecified atom stereocenters. The van der Waals surface area contributed by atoms with E-state index in [0.717, 1.165) is 11.5 Å². The molecule has 0 radical (unpaired) electrons. The number of carbonyl (C=O) groups is 1. The Hall–Kier alpha value is -2.47. The Labute approximate surface area is 146 Å². The van der Waals surface area contributed by atoms with Crippen LogP contribution in [0.4, 0.5) is 5.00 Å². The molecule has 5 N–H and O–H groups in total. The average molecular weight is 379 g/mol. The number of primary amides is 1. The van der Waals surface area contributed by atoms with Gasteiger partial charge in [0.2, 0.25) is 15.9 Å². The molecule has 0 aliphatic heterocycles. The lowest BCUT2D eigenvalue weighted by Crippen LogP contribution is -2.32. The van der Waals surface area contributed by atoms with Gasteiger partial charge in [-0.25, -0.2) is 13.6 Å². The number of fused-ring (bicyclic) bond motifs is 1. The lowest BCUT2D eigenvalue weighted by Gasteiger charge is -2.16. The number of hydrogen-bond acceptors (Lipinski definition) is 8. The van der Waals surface area contributed by atoms with Crippen molar-refractivity contribution in [1.82, 2.24) is 4.37 Å². The zero-order chi connectivity index (χ0) is 18.2. The molecule has 0 bridgehead atoms. The van der Waals surface area contributed by atoms with E-state index in [1.54, 1.807) is 0 Å². The summed E-state index contributed by atoms with van der Waals surface area (Å²) in [6.07, 6.45) is 3.31. The van der Waals surface area contributed by atoms with Crippen LogP contribution in [-0.4, -0.2) is 29.9 Å². The van der Waals surface area contributed by atoms with Gasteiger partial charge in [0.1, 0.15) is 0 Å². The first kappa shape index (κ1) is 17.4. The van der Waals surface area contributed by atoms with Crippen LogP contribution in [0, 0.1) is 5.92 Å². The molecule has 1 aliphatic rings. The Bertz CT molecular complexity index is 1040. The smallest absolute Gasteiger partial charge is 0.238 e. The maximum atomic E-state index is 11.5. The molecule has 11 heteroatoms. The minimum Gasteiger partial charge on any atom is -0.388 e. The number of hydrogen-bond donors (Lipinski definition) is 3. The number of allylic oxidation sites excluding steroid dienone is 1. The first-order chi connectivity index (χ1) is 11.8. The number of amides is 1. The van der Waals surface area contributed by atoms with Crippen molar-refractivity contribution in [2.24, 2.45) is 27.0 Å². The topological polar surface area (TPSA) is 161 Å². The van der Waals surface area contributed by atoms with E-state index in [2.05, 4.69) is 14.6 Å². The Balaban J connectivity index is 1.95. The number of azo groups is 1. The maximum absolute atomic E-state index is 11.5. The van der Waals surface area contributed by atoms with Gasteiger partial charge >= 0.3 is 0 Å². The van der Waals surface area contributed by atoms with Crippen LogP contribution in [0.25, 0.3) is 10.9 Å². The largest absolute Gasteiger partial charge is 0.388 e. The van der Waals surface area contributed by atoms with Crippen LogP contribution in [-0.2, 0) is 14.8 Å². The summed E-state index contributed by atoms with van der Waals surface area (Å²) in [7, 11) is -3.84. The van der Waals surface area contributed by atoms with Crippen molar-refractivity contribution in [1.29, 1.82) is 0 Å². The highest BCUT2D eigenvalue weighted by molar-refractivity contribution is 7.89. The summed E-state index contributed by atoms with van der Waals surface area (Å²) in [6.45, 7) is 0. The predicted molar refractivity (Wildman–Crippen MR) is 91.4 cm³/mol. The number of nitrogens with zero attached hydrogens (tertiary/aromatic N) is 3. The maximum Gasteiger partial charge on any atom is 0.238 e. The van der Waals surface area contributed by atoms with Crippen molar-refractivity contribution < 1.29 is 18.3 Å². The molecule has 0 spiro atoms. The number of primary sulfonamides is 1. The van der Waals surface area contributed by atoms with Crippen LogP contribution in [0.1, 0.15) is 0 Å². The monoisotopic (exact) mass is 379 g/mol. The van der Waals surface area contributed by atoms with E-state index < -0.39 is 28.0 Å². The standard InChI is InChI=1S/C14H13N5O4S2/c15-13(21)10-5-7(1-4-12(10)20)17-18-14-9-6-8(25(16,22)23)2-3-11(9)19-24-14/h1-6,10,12,20H,(H2,15,21)(H2,16,22,23). The second-order valence-corrected chi connectivity index (χ2v) is 7.59. The van der Waals surface area contributed by atoms with Crippen LogP contribution < -0.4 is 10.9 Å². The van der Waals surface area contributed by atoms with E-state index in [4.69, 9.17) is 10.9 Å². The number of aromatic nitrogens is 1. The number of aliphatic hydroxyl groups excluding tert-OH is 1. The molecule has 0 saturated heterocycles. The van der Waals surface area contributed by atoms with E-state index in [1.807, 2.05) is 0 Å². The third-order valence-corrected chi connectivity index (χ3v) is 5.20. The number of benzene rings is 1. The van der Waals surface area contributed by atoms with Crippen LogP contribution in [0.3, 0.4) is 0 Å². The van der Waals surface area contributed by atoms with Gasteiger partial charge in [-0.15, -0.1) is 10.2 Å².